The Kier molecular flexibility index (Phi) is 6.48. The lowest BCUT2D eigenvalue weighted by Gasteiger charge is -2.22. The van der Waals surface area contributed by atoms with Crippen LogP contribution in [0.25, 0.3) is 0 Å². The van der Waals surface area contributed by atoms with Crippen LogP contribution in [0.3, 0.4) is 0 Å². The third-order valence-corrected chi connectivity index (χ3v) is 5.61. The van der Waals surface area contributed by atoms with Gasteiger partial charge >= 0.3 is 0 Å². The molecule has 5 heteroatoms. The van der Waals surface area contributed by atoms with Crippen LogP contribution in [-0.4, -0.2) is 49.0 Å². The fourth-order valence-electron chi connectivity index (χ4n) is 3.21. The molecule has 1 amide bonds. The zero-order valence-electron chi connectivity index (χ0n) is 14.8. The first-order valence-corrected chi connectivity index (χ1v) is 9.78. The molecule has 1 saturated heterocycles. The van der Waals surface area contributed by atoms with Gasteiger partial charge in [-0.1, -0.05) is 18.2 Å². The average molecular weight is 359 g/mol. The van der Waals surface area contributed by atoms with Crippen molar-refractivity contribution >= 4 is 17.2 Å². The van der Waals surface area contributed by atoms with Crippen molar-refractivity contribution in [3.8, 4) is 5.75 Å². The van der Waals surface area contributed by atoms with E-state index < -0.39 is 0 Å². The summed E-state index contributed by atoms with van der Waals surface area (Å²) in [6.45, 7) is 4.63. The lowest BCUT2D eigenvalue weighted by Crippen LogP contribution is -2.35. The number of thiophene rings is 1. The second-order valence-electron chi connectivity index (χ2n) is 6.44. The second kappa shape index (κ2) is 9.02. The van der Waals surface area contributed by atoms with E-state index in [9.17, 15) is 4.79 Å². The van der Waals surface area contributed by atoms with Gasteiger partial charge in [-0.05, 0) is 42.0 Å². The Hall–Kier alpha value is -1.85. The van der Waals surface area contributed by atoms with E-state index in [-0.39, 0.29) is 0 Å². The number of hydrogen-bond donors (Lipinski definition) is 0. The Bertz CT molecular complexity index is 655. The molecule has 2 heterocycles. The molecule has 1 aromatic heterocycles. The van der Waals surface area contributed by atoms with Gasteiger partial charge in [0.1, 0.15) is 5.75 Å². The summed E-state index contributed by atoms with van der Waals surface area (Å²) in [7, 11) is 1.69. The molecule has 0 radical (unpaired) electrons. The van der Waals surface area contributed by atoms with Crippen LogP contribution in [0, 0.1) is 0 Å². The standard InChI is InChI=1S/C20H26N2O2S/c1-24-18-7-5-17(6-8-18)16-21-11-3-12-22(14-13-21)20(23)10-9-19-4-2-15-25-19/h2,4-8,15H,3,9-14,16H2,1H3. The van der Waals surface area contributed by atoms with Gasteiger partial charge in [0.2, 0.25) is 5.91 Å². The molecule has 1 aliphatic heterocycles. The monoisotopic (exact) mass is 358 g/mol. The highest BCUT2D eigenvalue weighted by Gasteiger charge is 2.19. The second-order valence-corrected chi connectivity index (χ2v) is 7.47. The van der Waals surface area contributed by atoms with E-state index in [1.54, 1.807) is 18.4 Å². The van der Waals surface area contributed by atoms with Crippen LogP contribution in [-0.2, 0) is 17.8 Å². The minimum atomic E-state index is 0.291. The van der Waals surface area contributed by atoms with Crippen molar-refractivity contribution in [3.63, 3.8) is 0 Å². The summed E-state index contributed by atoms with van der Waals surface area (Å²) < 4.78 is 5.21. The Labute approximate surface area is 154 Å². The first-order chi connectivity index (χ1) is 12.2. The van der Waals surface area contributed by atoms with Crippen molar-refractivity contribution in [2.75, 3.05) is 33.3 Å². The maximum absolute atomic E-state index is 12.5. The predicted octanol–water partition coefficient (Wildman–Crippen LogP) is 3.42. The molecule has 0 N–H and O–H groups in total. The van der Waals surface area contributed by atoms with E-state index in [0.717, 1.165) is 51.3 Å². The van der Waals surface area contributed by atoms with Crippen LogP contribution in [0.1, 0.15) is 23.3 Å². The molecule has 3 rings (SSSR count). The molecule has 25 heavy (non-hydrogen) atoms. The number of rotatable bonds is 6. The van der Waals surface area contributed by atoms with Crippen molar-refractivity contribution in [3.05, 3.63) is 52.2 Å². The molecule has 134 valence electrons. The fourth-order valence-corrected chi connectivity index (χ4v) is 3.92. The zero-order valence-corrected chi connectivity index (χ0v) is 15.6. The molecule has 0 atom stereocenters. The number of carbonyl (C=O) groups is 1. The number of carbonyl (C=O) groups excluding carboxylic acids is 1. The summed E-state index contributed by atoms with van der Waals surface area (Å²) in [5, 5.41) is 2.07. The van der Waals surface area contributed by atoms with E-state index >= 15 is 0 Å². The van der Waals surface area contributed by atoms with Crippen molar-refractivity contribution < 1.29 is 9.53 Å². The number of hydrogen-bond acceptors (Lipinski definition) is 4. The summed E-state index contributed by atoms with van der Waals surface area (Å²) in [6.07, 6.45) is 2.53. The number of nitrogens with zero attached hydrogens (tertiary/aromatic N) is 2. The lowest BCUT2D eigenvalue weighted by atomic mass is 10.2. The first-order valence-electron chi connectivity index (χ1n) is 8.90. The largest absolute Gasteiger partial charge is 0.497 e. The molecule has 2 aromatic rings. The lowest BCUT2D eigenvalue weighted by molar-refractivity contribution is -0.131. The van der Waals surface area contributed by atoms with Crippen molar-refractivity contribution in [2.24, 2.45) is 0 Å². The van der Waals surface area contributed by atoms with E-state index in [2.05, 4.69) is 28.5 Å². The van der Waals surface area contributed by atoms with Crippen LogP contribution in [0.5, 0.6) is 5.75 Å². The number of aryl methyl sites for hydroxylation is 1. The van der Waals surface area contributed by atoms with Crippen LogP contribution in [0.15, 0.2) is 41.8 Å². The quantitative estimate of drug-likeness (QED) is 0.793. The summed E-state index contributed by atoms with van der Waals surface area (Å²) in [4.78, 5) is 18.3. The third-order valence-electron chi connectivity index (χ3n) is 4.67. The normalized spacial score (nSPS) is 15.8. The van der Waals surface area contributed by atoms with Gasteiger partial charge in [0.15, 0.2) is 0 Å². The van der Waals surface area contributed by atoms with E-state index in [0.29, 0.717) is 12.3 Å². The van der Waals surface area contributed by atoms with E-state index in [1.807, 2.05) is 23.1 Å². The Morgan fingerprint density at radius 1 is 1.12 bits per heavy atom. The van der Waals surface area contributed by atoms with Crippen molar-refractivity contribution in [1.29, 1.82) is 0 Å². The molecular weight excluding hydrogens is 332 g/mol. The number of ether oxygens (including phenoxy) is 1. The number of methoxy groups -OCH3 is 1. The summed E-state index contributed by atoms with van der Waals surface area (Å²) in [5.74, 6) is 1.18. The van der Waals surface area contributed by atoms with Crippen molar-refractivity contribution in [1.82, 2.24) is 9.80 Å². The van der Waals surface area contributed by atoms with Crippen LogP contribution >= 0.6 is 11.3 Å². The molecule has 4 nitrogen and oxygen atoms in total. The zero-order chi connectivity index (χ0) is 17.5. The molecule has 0 spiro atoms. The first kappa shape index (κ1) is 18.0. The SMILES string of the molecule is COc1ccc(CN2CCCN(C(=O)CCc3cccs3)CC2)cc1. The van der Waals surface area contributed by atoms with Gasteiger partial charge in [0, 0.05) is 44.0 Å². The molecule has 0 saturated carbocycles. The average Bonchev–Trinajstić information content (AvgIpc) is 3.06. The molecule has 0 aliphatic carbocycles. The minimum absolute atomic E-state index is 0.291. The number of benzene rings is 1. The van der Waals surface area contributed by atoms with Crippen LogP contribution < -0.4 is 4.74 Å². The summed E-state index contributed by atoms with van der Waals surface area (Å²) in [6, 6.07) is 12.4. The number of amides is 1. The molecular formula is C20H26N2O2S. The van der Waals surface area contributed by atoms with Gasteiger partial charge in [0.05, 0.1) is 7.11 Å². The smallest absolute Gasteiger partial charge is 0.222 e. The third kappa shape index (κ3) is 5.31. The highest BCUT2D eigenvalue weighted by atomic mass is 32.1. The Morgan fingerprint density at radius 2 is 1.96 bits per heavy atom. The van der Waals surface area contributed by atoms with E-state index in [4.69, 9.17) is 4.74 Å². The van der Waals surface area contributed by atoms with Gasteiger partial charge < -0.3 is 9.64 Å². The van der Waals surface area contributed by atoms with Crippen LogP contribution in [0.4, 0.5) is 0 Å². The van der Waals surface area contributed by atoms with Gasteiger partial charge in [-0.3, -0.25) is 9.69 Å². The molecule has 1 aromatic carbocycles. The van der Waals surface area contributed by atoms with Crippen LogP contribution in [0.2, 0.25) is 0 Å². The molecule has 1 aliphatic rings. The van der Waals surface area contributed by atoms with Gasteiger partial charge in [-0.2, -0.15) is 0 Å². The van der Waals surface area contributed by atoms with Gasteiger partial charge in [0.25, 0.3) is 0 Å². The highest BCUT2D eigenvalue weighted by Crippen LogP contribution is 2.15. The molecule has 0 unspecified atom stereocenters. The Morgan fingerprint density at radius 3 is 2.68 bits per heavy atom. The summed E-state index contributed by atoms with van der Waals surface area (Å²) >= 11 is 1.73. The van der Waals surface area contributed by atoms with E-state index in [1.165, 1.54) is 10.4 Å². The van der Waals surface area contributed by atoms with Gasteiger partial charge in [-0.15, -0.1) is 11.3 Å². The molecule has 0 bridgehead atoms. The molecule has 1 fully saturated rings. The summed E-state index contributed by atoms with van der Waals surface area (Å²) in [5.41, 5.74) is 1.29. The Balaban J connectivity index is 1.46. The van der Waals surface area contributed by atoms with Gasteiger partial charge in [-0.25, -0.2) is 0 Å². The maximum atomic E-state index is 12.5. The van der Waals surface area contributed by atoms with Crippen molar-refractivity contribution in [2.45, 2.75) is 25.8 Å². The topological polar surface area (TPSA) is 32.8 Å². The predicted molar refractivity (Wildman–Crippen MR) is 102 cm³/mol. The maximum Gasteiger partial charge on any atom is 0.222 e. The fraction of sp³-hybridized carbons (Fsp3) is 0.450. The highest BCUT2D eigenvalue weighted by molar-refractivity contribution is 7.09. The minimum Gasteiger partial charge on any atom is -0.497 e.